The van der Waals surface area contributed by atoms with Gasteiger partial charge in [-0.15, -0.1) is 0 Å². The van der Waals surface area contributed by atoms with Gasteiger partial charge in [-0.2, -0.15) is 0 Å². The molecule has 1 fully saturated rings. The van der Waals surface area contributed by atoms with E-state index in [1.165, 1.54) is 24.3 Å². The number of halogens is 2. The minimum absolute atomic E-state index is 0.324. The van der Waals surface area contributed by atoms with Crippen LogP contribution < -0.4 is 5.32 Å². The van der Waals surface area contributed by atoms with Crippen LogP contribution in [0.1, 0.15) is 5.56 Å². The summed E-state index contributed by atoms with van der Waals surface area (Å²) in [6, 6.07) is 5.57. The van der Waals surface area contributed by atoms with E-state index in [0.717, 1.165) is 0 Å². The van der Waals surface area contributed by atoms with Crippen LogP contribution in [0.5, 0.6) is 0 Å². The number of rotatable bonds is 1. The highest BCUT2D eigenvalue weighted by molar-refractivity contribution is 5.26. The molecule has 0 saturated carbocycles. The van der Waals surface area contributed by atoms with E-state index >= 15 is 0 Å². The second-order valence-corrected chi connectivity index (χ2v) is 3.08. The van der Waals surface area contributed by atoms with Gasteiger partial charge in [0.15, 0.2) is 5.67 Å². The maximum absolute atomic E-state index is 13.6. The third-order valence-corrected chi connectivity index (χ3v) is 2.17. The molecule has 0 atom stereocenters. The molecular formula is C9H9F2N. The van der Waals surface area contributed by atoms with Crippen LogP contribution in [0.2, 0.25) is 0 Å². The number of benzene rings is 1. The van der Waals surface area contributed by atoms with Gasteiger partial charge in [-0.05, 0) is 17.7 Å². The molecule has 64 valence electrons. The van der Waals surface area contributed by atoms with E-state index in [9.17, 15) is 8.78 Å². The summed E-state index contributed by atoms with van der Waals surface area (Å²) in [7, 11) is 0. The van der Waals surface area contributed by atoms with Gasteiger partial charge in [0.05, 0.1) is 0 Å². The van der Waals surface area contributed by atoms with E-state index in [1.54, 1.807) is 0 Å². The molecule has 3 heteroatoms. The third kappa shape index (κ3) is 1.10. The fraction of sp³-hybridized carbons (Fsp3) is 0.333. The Morgan fingerprint density at radius 3 is 2.17 bits per heavy atom. The largest absolute Gasteiger partial charge is 0.310 e. The van der Waals surface area contributed by atoms with Gasteiger partial charge in [-0.25, -0.2) is 8.78 Å². The average molecular weight is 169 g/mol. The van der Waals surface area contributed by atoms with Crippen LogP contribution >= 0.6 is 0 Å². The standard InChI is InChI=1S/C9H9F2N/c10-8-3-1-7(2-4-8)9(11)5-12-6-9/h1-4,12H,5-6H2. The van der Waals surface area contributed by atoms with E-state index in [4.69, 9.17) is 0 Å². The fourth-order valence-electron chi connectivity index (χ4n) is 1.30. The van der Waals surface area contributed by atoms with Crippen molar-refractivity contribution in [3.05, 3.63) is 35.6 Å². The SMILES string of the molecule is Fc1ccc(C2(F)CNC2)cc1. The molecule has 2 rings (SSSR count). The molecule has 0 unspecified atom stereocenters. The molecule has 0 radical (unpaired) electrons. The van der Waals surface area contributed by atoms with Gasteiger partial charge >= 0.3 is 0 Å². The summed E-state index contributed by atoms with van der Waals surface area (Å²) in [5.41, 5.74) is -0.712. The first-order chi connectivity index (χ1) is 5.71. The van der Waals surface area contributed by atoms with Crippen molar-refractivity contribution in [2.75, 3.05) is 13.1 Å². The number of alkyl halides is 1. The molecule has 0 amide bonds. The molecule has 1 saturated heterocycles. The Balaban J connectivity index is 2.28. The second kappa shape index (κ2) is 2.52. The van der Waals surface area contributed by atoms with Crippen molar-refractivity contribution in [3.63, 3.8) is 0 Å². The highest BCUT2D eigenvalue weighted by Gasteiger charge is 2.38. The summed E-state index contributed by atoms with van der Waals surface area (Å²) < 4.78 is 26.0. The minimum atomic E-state index is -1.27. The summed E-state index contributed by atoms with van der Waals surface area (Å²) in [6.07, 6.45) is 0. The zero-order valence-electron chi connectivity index (χ0n) is 6.48. The minimum Gasteiger partial charge on any atom is -0.310 e. The van der Waals surface area contributed by atoms with E-state index < -0.39 is 5.67 Å². The average Bonchev–Trinajstić information content (AvgIpc) is 2.02. The molecule has 12 heavy (non-hydrogen) atoms. The fourth-order valence-corrected chi connectivity index (χ4v) is 1.30. The van der Waals surface area contributed by atoms with Gasteiger partial charge in [0.1, 0.15) is 5.82 Å². The van der Waals surface area contributed by atoms with Gasteiger partial charge < -0.3 is 5.32 Å². The summed E-state index contributed by atoms with van der Waals surface area (Å²) in [5, 5.41) is 2.85. The molecular weight excluding hydrogens is 160 g/mol. The van der Waals surface area contributed by atoms with E-state index in [0.29, 0.717) is 18.7 Å². The molecule has 1 N–H and O–H groups in total. The molecule has 1 heterocycles. The Morgan fingerprint density at radius 2 is 1.75 bits per heavy atom. The molecule has 1 nitrogen and oxygen atoms in total. The summed E-state index contributed by atoms with van der Waals surface area (Å²) in [5.74, 6) is -0.324. The Hall–Kier alpha value is -0.960. The predicted octanol–water partition coefficient (Wildman–Crippen LogP) is 1.59. The van der Waals surface area contributed by atoms with E-state index in [2.05, 4.69) is 5.32 Å². The van der Waals surface area contributed by atoms with Crippen LogP contribution in [-0.2, 0) is 5.67 Å². The first-order valence-electron chi connectivity index (χ1n) is 3.86. The maximum atomic E-state index is 13.6. The lowest BCUT2D eigenvalue weighted by Crippen LogP contribution is -2.53. The van der Waals surface area contributed by atoms with Crippen molar-refractivity contribution in [3.8, 4) is 0 Å². The molecule has 0 aliphatic carbocycles. The van der Waals surface area contributed by atoms with Gasteiger partial charge in [0.25, 0.3) is 0 Å². The smallest absolute Gasteiger partial charge is 0.160 e. The first-order valence-corrected chi connectivity index (χ1v) is 3.86. The van der Waals surface area contributed by atoms with Crippen molar-refractivity contribution >= 4 is 0 Å². The molecule has 0 bridgehead atoms. The zero-order chi connectivity index (χ0) is 8.60. The monoisotopic (exact) mass is 169 g/mol. The quantitative estimate of drug-likeness (QED) is 0.673. The lowest BCUT2D eigenvalue weighted by molar-refractivity contribution is 0.0891. The Labute approximate surface area is 69.4 Å². The van der Waals surface area contributed by atoms with E-state index in [-0.39, 0.29) is 5.82 Å². The van der Waals surface area contributed by atoms with Crippen LogP contribution in [0.25, 0.3) is 0 Å². The van der Waals surface area contributed by atoms with Gasteiger partial charge in [-0.3, -0.25) is 0 Å². The normalized spacial score (nSPS) is 20.2. The first kappa shape index (κ1) is 7.68. The molecule has 1 aliphatic rings. The van der Waals surface area contributed by atoms with Gasteiger partial charge in [0, 0.05) is 13.1 Å². The highest BCUT2D eigenvalue weighted by Crippen LogP contribution is 2.29. The summed E-state index contributed by atoms with van der Waals surface area (Å²) in [6.45, 7) is 0.664. The van der Waals surface area contributed by atoms with Crippen molar-refractivity contribution in [1.82, 2.24) is 5.32 Å². The number of hydrogen-bond donors (Lipinski definition) is 1. The molecule has 0 spiro atoms. The number of nitrogens with one attached hydrogen (secondary N) is 1. The van der Waals surface area contributed by atoms with Crippen LogP contribution in [0, 0.1) is 5.82 Å². The highest BCUT2D eigenvalue weighted by atomic mass is 19.1. The van der Waals surface area contributed by atoms with Crippen LogP contribution in [0.4, 0.5) is 8.78 Å². The zero-order valence-corrected chi connectivity index (χ0v) is 6.48. The van der Waals surface area contributed by atoms with Crippen LogP contribution in [0.15, 0.2) is 24.3 Å². The molecule has 1 aromatic rings. The lowest BCUT2D eigenvalue weighted by atomic mass is 9.90. The van der Waals surface area contributed by atoms with Gasteiger partial charge in [-0.1, -0.05) is 12.1 Å². The van der Waals surface area contributed by atoms with Crippen molar-refractivity contribution in [2.24, 2.45) is 0 Å². The molecule has 1 aliphatic heterocycles. The predicted molar refractivity (Wildman–Crippen MR) is 42.1 cm³/mol. The number of hydrogen-bond acceptors (Lipinski definition) is 1. The summed E-state index contributed by atoms with van der Waals surface area (Å²) in [4.78, 5) is 0. The molecule has 1 aromatic carbocycles. The Bertz CT molecular complexity index is 277. The lowest BCUT2D eigenvalue weighted by Gasteiger charge is -2.35. The Morgan fingerprint density at radius 1 is 1.17 bits per heavy atom. The second-order valence-electron chi connectivity index (χ2n) is 3.08. The Kier molecular flexibility index (Phi) is 1.61. The van der Waals surface area contributed by atoms with Crippen LogP contribution in [-0.4, -0.2) is 13.1 Å². The topological polar surface area (TPSA) is 12.0 Å². The summed E-state index contributed by atoms with van der Waals surface area (Å²) >= 11 is 0. The van der Waals surface area contributed by atoms with Gasteiger partial charge in [0.2, 0.25) is 0 Å². The van der Waals surface area contributed by atoms with Crippen LogP contribution in [0.3, 0.4) is 0 Å². The van der Waals surface area contributed by atoms with Crippen molar-refractivity contribution < 1.29 is 8.78 Å². The maximum Gasteiger partial charge on any atom is 0.160 e. The van der Waals surface area contributed by atoms with Crippen molar-refractivity contribution in [2.45, 2.75) is 5.67 Å². The van der Waals surface area contributed by atoms with Crippen molar-refractivity contribution in [1.29, 1.82) is 0 Å². The van der Waals surface area contributed by atoms with E-state index in [1.807, 2.05) is 0 Å². The molecule has 0 aromatic heterocycles. The third-order valence-electron chi connectivity index (χ3n) is 2.17.